The van der Waals surface area contributed by atoms with Gasteiger partial charge in [0.05, 0.1) is 22.9 Å². The van der Waals surface area contributed by atoms with Crippen molar-refractivity contribution in [1.82, 2.24) is 15.0 Å². The first-order valence-electron chi connectivity index (χ1n) is 9.08. The molecule has 3 aromatic rings. The molecule has 29 heavy (non-hydrogen) atoms. The van der Waals surface area contributed by atoms with Crippen LogP contribution >= 0.6 is 11.3 Å². The highest BCUT2D eigenvalue weighted by molar-refractivity contribution is 7.92. The van der Waals surface area contributed by atoms with Gasteiger partial charge in [0.1, 0.15) is 0 Å². The Hall–Kier alpha value is -2.72. The van der Waals surface area contributed by atoms with Crippen molar-refractivity contribution in [3.05, 3.63) is 53.2 Å². The molecule has 154 valence electrons. The van der Waals surface area contributed by atoms with E-state index in [9.17, 15) is 13.2 Å². The molecule has 0 spiro atoms. The van der Waals surface area contributed by atoms with Crippen molar-refractivity contribution < 1.29 is 17.7 Å². The second-order valence-corrected chi connectivity index (χ2v) is 9.39. The Labute approximate surface area is 173 Å². The number of benzene rings is 1. The Balaban J connectivity index is 1.70. The summed E-state index contributed by atoms with van der Waals surface area (Å²) < 4.78 is 30.9. The second kappa shape index (κ2) is 8.75. The summed E-state index contributed by atoms with van der Waals surface area (Å²) in [5.41, 5.74) is 0.977. The van der Waals surface area contributed by atoms with Crippen LogP contribution in [-0.2, 0) is 16.6 Å². The van der Waals surface area contributed by atoms with Crippen LogP contribution in [-0.4, -0.2) is 48.7 Å². The molecule has 0 aliphatic heterocycles. The van der Waals surface area contributed by atoms with Crippen molar-refractivity contribution >= 4 is 33.0 Å². The van der Waals surface area contributed by atoms with Crippen molar-refractivity contribution in [2.24, 2.45) is 0 Å². The van der Waals surface area contributed by atoms with Crippen molar-refractivity contribution in [2.75, 3.05) is 23.7 Å². The third-order valence-electron chi connectivity index (χ3n) is 4.32. The maximum atomic E-state index is 12.7. The molecule has 2 aromatic heterocycles. The van der Waals surface area contributed by atoms with E-state index in [0.717, 1.165) is 4.88 Å². The van der Waals surface area contributed by atoms with Crippen LogP contribution in [0.25, 0.3) is 10.7 Å². The lowest BCUT2D eigenvalue weighted by Gasteiger charge is -2.22. The van der Waals surface area contributed by atoms with Crippen LogP contribution in [0.1, 0.15) is 30.1 Å². The normalized spacial score (nSPS) is 11.4. The molecule has 0 radical (unpaired) electrons. The molecule has 0 aliphatic rings. The number of nitrogens with zero attached hydrogens (tertiary/aromatic N) is 4. The number of anilines is 1. The van der Waals surface area contributed by atoms with E-state index in [-0.39, 0.29) is 18.2 Å². The number of carbonyl (C=O) groups is 1. The van der Waals surface area contributed by atoms with Crippen LogP contribution in [0.2, 0.25) is 0 Å². The van der Waals surface area contributed by atoms with Gasteiger partial charge in [0, 0.05) is 19.2 Å². The smallest absolute Gasteiger partial charge is 0.254 e. The first kappa shape index (κ1) is 21.0. The number of thiophene rings is 1. The number of hydrogen-bond donors (Lipinski definition) is 0. The third kappa shape index (κ3) is 4.65. The van der Waals surface area contributed by atoms with Crippen molar-refractivity contribution in [1.29, 1.82) is 0 Å². The molecular weight excluding hydrogens is 412 g/mol. The predicted octanol–water partition coefficient (Wildman–Crippen LogP) is 3.25. The average Bonchev–Trinajstić information content (AvgIpc) is 3.40. The summed E-state index contributed by atoms with van der Waals surface area (Å²) in [6, 6.07) is 10.3. The zero-order valence-electron chi connectivity index (χ0n) is 16.4. The zero-order valence-corrected chi connectivity index (χ0v) is 18.0. The number of aromatic nitrogens is 2. The highest BCUT2D eigenvalue weighted by atomic mass is 32.2. The molecular formula is C19H22N4O4S2. The van der Waals surface area contributed by atoms with Crippen LogP contribution in [0.15, 0.2) is 46.3 Å². The summed E-state index contributed by atoms with van der Waals surface area (Å²) >= 11 is 1.51. The van der Waals surface area contributed by atoms with Gasteiger partial charge in [-0.2, -0.15) is 4.98 Å². The minimum Gasteiger partial charge on any atom is -0.337 e. The summed E-state index contributed by atoms with van der Waals surface area (Å²) in [6.07, 6.45) is 0. The minimum atomic E-state index is -3.36. The van der Waals surface area contributed by atoms with E-state index in [2.05, 4.69) is 10.1 Å². The van der Waals surface area contributed by atoms with E-state index in [0.29, 0.717) is 29.5 Å². The van der Waals surface area contributed by atoms with E-state index in [1.807, 2.05) is 17.5 Å². The maximum Gasteiger partial charge on any atom is 0.254 e. The molecule has 2 heterocycles. The molecule has 0 atom stereocenters. The van der Waals surface area contributed by atoms with E-state index >= 15 is 0 Å². The highest BCUT2D eigenvalue weighted by Crippen LogP contribution is 2.22. The van der Waals surface area contributed by atoms with Gasteiger partial charge < -0.3 is 9.42 Å². The Morgan fingerprint density at radius 2 is 1.90 bits per heavy atom. The monoisotopic (exact) mass is 434 g/mol. The van der Waals surface area contributed by atoms with E-state index in [4.69, 9.17) is 4.52 Å². The summed E-state index contributed by atoms with van der Waals surface area (Å²) in [5, 5.41) is 5.87. The van der Waals surface area contributed by atoms with E-state index < -0.39 is 10.0 Å². The van der Waals surface area contributed by atoms with Gasteiger partial charge >= 0.3 is 0 Å². The number of sulfonamides is 1. The lowest BCUT2D eigenvalue weighted by atomic mass is 10.2. The average molecular weight is 435 g/mol. The van der Waals surface area contributed by atoms with Crippen LogP contribution in [0.5, 0.6) is 0 Å². The molecule has 1 aromatic carbocycles. The number of amides is 1. The van der Waals surface area contributed by atoms with Gasteiger partial charge in [0.25, 0.3) is 5.91 Å². The molecule has 0 unspecified atom stereocenters. The minimum absolute atomic E-state index is 0.0158. The summed E-state index contributed by atoms with van der Waals surface area (Å²) in [4.78, 5) is 19.4. The fourth-order valence-corrected chi connectivity index (χ4v) is 4.58. The van der Waals surface area contributed by atoms with Crippen LogP contribution in [0.4, 0.5) is 5.69 Å². The fraction of sp³-hybridized carbons (Fsp3) is 0.316. The van der Waals surface area contributed by atoms with E-state index in [1.165, 1.54) is 20.5 Å². The van der Waals surface area contributed by atoms with Crippen LogP contribution in [0.3, 0.4) is 0 Å². The zero-order chi connectivity index (χ0) is 21.0. The molecule has 0 aliphatic carbocycles. The number of rotatable bonds is 8. The lowest BCUT2D eigenvalue weighted by molar-refractivity contribution is 0.0769. The lowest BCUT2D eigenvalue weighted by Crippen LogP contribution is -2.32. The fourth-order valence-electron chi connectivity index (χ4n) is 2.79. The molecule has 0 saturated carbocycles. The van der Waals surface area contributed by atoms with Crippen LogP contribution < -0.4 is 4.31 Å². The van der Waals surface area contributed by atoms with Gasteiger partial charge in [-0.3, -0.25) is 9.10 Å². The second-order valence-electron chi connectivity index (χ2n) is 6.26. The van der Waals surface area contributed by atoms with Gasteiger partial charge in [0.15, 0.2) is 0 Å². The third-order valence-corrected chi connectivity index (χ3v) is 7.05. The van der Waals surface area contributed by atoms with Gasteiger partial charge in [-0.25, -0.2) is 8.42 Å². The molecule has 0 fully saturated rings. The molecule has 8 nitrogen and oxygen atoms in total. The van der Waals surface area contributed by atoms with Gasteiger partial charge in [0.2, 0.25) is 21.7 Å². The summed E-state index contributed by atoms with van der Waals surface area (Å²) in [7, 11) is -1.71. The van der Waals surface area contributed by atoms with Crippen molar-refractivity contribution in [3.63, 3.8) is 0 Å². The van der Waals surface area contributed by atoms with Gasteiger partial charge in [-0.05, 0) is 49.6 Å². The van der Waals surface area contributed by atoms with Crippen LogP contribution in [0, 0.1) is 0 Å². The quantitative estimate of drug-likeness (QED) is 0.540. The molecule has 0 saturated heterocycles. The molecule has 0 bridgehead atoms. The molecule has 1 amide bonds. The number of carbonyl (C=O) groups excluding carboxylic acids is 1. The highest BCUT2D eigenvalue weighted by Gasteiger charge is 2.20. The molecule has 3 rings (SSSR count). The first-order chi connectivity index (χ1) is 13.9. The van der Waals surface area contributed by atoms with Crippen molar-refractivity contribution in [2.45, 2.75) is 20.4 Å². The predicted molar refractivity (Wildman–Crippen MR) is 112 cm³/mol. The Kier molecular flexibility index (Phi) is 6.33. The summed E-state index contributed by atoms with van der Waals surface area (Å²) in [6.45, 7) is 3.87. The Bertz CT molecular complexity index is 1060. The Morgan fingerprint density at radius 1 is 1.17 bits per heavy atom. The van der Waals surface area contributed by atoms with Gasteiger partial charge in [-0.15, -0.1) is 11.3 Å². The topological polar surface area (TPSA) is 96.6 Å². The molecule has 0 N–H and O–H groups in total. The summed E-state index contributed by atoms with van der Waals surface area (Å²) in [5.74, 6) is 0.625. The maximum absolute atomic E-state index is 12.7. The number of hydrogen-bond acceptors (Lipinski definition) is 7. The Morgan fingerprint density at radius 3 is 2.48 bits per heavy atom. The largest absolute Gasteiger partial charge is 0.337 e. The first-order valence-corrected chi connectivity index (χ1v) is 11.6. The SMILES string of the molecule is CCN(c1ccc(C(=O)N(C)Cc2nc(-c3cccs3)no2)cc1)S(=O)(=O)CC. The standard InChI is InChI=1S/C19H22N4O4S2/c1-4-23(29(25,26)5-2)15-10-8-14(9-11-15)19(24)22(3)13-17-20-18(21-27-17)16-7-6-12-28-16/h6-12H,4-5,13H2,1-3H3. The van der Waals surface area contributed by atoms with Gasteiger partial charge in [-0.1, -0.05) is 11.2 Å². The van der Waals surface area contributed by atoms with Crippen molar-refractivity contribution in [3.8, 4) is 10.7 Å². The molecule has 10 heteroatoms. The van der Waals surface area contributed by atoms with E-state index in [1.54, 1.807) is 45.2 Å².